The number of carbonyl (C=O) groups is 2. The van der Waals surface area contributed by atoms with Crippen molar-refractivity contribution in [2.75, 3.05) is 45.3 Å². The zero-order chi connectivity index (χ0) is 23.6. The molecule has 1 saturated heterocycles. The minimum atomic E-state index is -0.151. The SMILES string of the molecule is CCOCCOCc1cccc(NC(=O)C2CCN(C(=O)c3cc(Cl)ccc3OC)CC2)c1. The summed E-state index contributed by atoms with van der Waals surface area (Å²) in [4.78, 5) is 27.5. The number of anilines is 1. The molecule has 0 bridgehead atoms. The second-order valence-electron chi connectivity index (χ2n) is 7.85. The lowest BCUT2D eigenvalue weighted by Crippen LogP contribution is -2.41. The maximum absolute atomic E-state index is 12.9. The third-order valence-corrected chi connectivity index (χ3v) is 5.82. The topological polar surface area (TPSA) is 77.1 Å². The number of nitrogens with zero attached hydrogens (tertiary/aromatic N) is 1. The second-order valence-corrected chi connectivity index (χ2v) is 8.29. The maximum atomic E-state index is 12.9. The van der Waals surface area contributed by atoms with E-state index >= 15 is 0 Å². The number of rotatable bonds is 10. The van der Waals surface area contributed by atoms with Gasteiger partial charge in [0.1, 0.15) is 5.75 Å². The van der Waals surface area contributed by atoms with E-state index in [1.807, 2.05) is 31.2 Å². The van der Waals surface area contributed by atoms with E-state index in [0.717, 1.165) is 11.3 Å². The van der Waals surface area contributed by atoms with Crippen LogP contribution < -0.4 is 10.1 Å². The summed E-state index contributed by atoms with van der Waals surface area (Å²) in [6.07, 6.45) is 1.20. The van der Waals surface area contributed by atoms with E-state index in [0.29, 0.717) is 68.7 Å². The molecule has 0 saturated carbocycles. The molecule has 0 aliphatic carbocycles. The van der Waals surface area contributed by atoms with Crippen LogP contribution in [0.15, 0.2) is 42.5 Å². The highest BCUT2D eigenvalue weighted by Gasteiger charge is 2.29. The summed E-state index contributed by atoms with van der Waals surface area (Å²) in [5.74, 6) is 0.175. The van der Waals surface area contributed by atoms with Crippen LogP contribution in [-0.4, -0.2) is 56.7 Å². The van der Waals surface area contributed by atoms with Crippen LogP contribution >= 0.6 is 11.6 Å². The number of hydrogen-bond acceptors (Lipinski definition) is 5. The smallest absolute Gasteiger partial charge is 0.257 e. The van der Waals surface area contributed by atoms with Gasteiger partial charge >= 0.3 is 0 Å². The van der Waals surface area contributed by atoms with E-state index in [-0.39, 0.29) is 17.7 Å². The van der Waals surface area contributed by atoms with E-state index < -0.39 is 0 Å². The first-order chi connectivity index (χ1) is 16.0. The molecule has 0 atom stereocenters. The van der Waals surface area contributed by atoms with Gasteiger partial charge in [0.2, 0.25) is 5.91 Å². The zero-order valence-electron chi connectivity index (χ0n) is 19.1. The molecule has 2 aromatic carbocycles. The van der Waals surface area contributed by atoms with Crippen LogP contribution in [0.2, 0.25) is 5.02 Å². The van der Waals surface area contributed by atoms with E-state index in [9.17, 15) is 9.59 Å². The van der Waals surface area contributed by atoms with E-state index in [2.05, 4.69) is 5.32 Å². The highest BCUT2D eigenvalue weighted by atomic mass is 35.5. The fraction of sp³-hybridized carbons (Fsp3) is 0.440. The third-order valence-electron chi connectivity index (χ3n) is 5.58. The molecule has 1 aliphatic heterocycles. The summed E-state index contributed by atoms with van der Waals surface area (Å²) < 4.78 is 16.2. The largest absolute Gasteiger partial charge is 0.496 e. The van der Waals surface area contributed by atoms with Crippen LogP contribution in [-0.2, 0) is 20.9 Å². The van der Waals surface area contributed by atoms with Gasteiger partial charge in [-0.05, 0) is 55.7 Å². The fourth-order valence-corrected chi connectivity index (χ4v) is 3.97. The first-order valence-electron chi connectivity index (χ1n) is 11.2. The van der Waals surface area contributed by atoms with Gasteiger partial charge in [-0.15, -0.1) is 0 Å². The van der Waals surface area contributed by atoms with Crippen LogP contribution in [0.25, 0.3) is 0 Å². The van der Waals surface area contributed by atoms with Gasteiger partial charge in [-0.25, -0.2) is 0 Å². The van der Waals surface area contributed by atoms with Gasteiger partial charge in [0.05, 0.1) is 32.5 Å². The van der Waals surface area contributed by atoms with Crippen LogP contribution in [0.3, 0.4) is 0 Å². The van der Waals surface area contributed by atoms with Crippen molar-refractivity contribution in [3.05, 3.63) is 58.6 Å². The number of benzene rings is 2. The molecule has 1 aliphatic rings. The summed E-state index contributed by atoms with van der Waals surface area (Å²) in [6, 6.07) is 12.6. The molecule has 2 amide bonds. The van der Waals surface area contributed by atoms with Crippen molar-refractivity contribution in [2.24, 2.45) is 5.92 Å². The van der Waals surface area contributed by atoms with Crippen molar-refractivity contribution in [2.45, 2.75) is 26.4 Å². The Balaban J connectivity index is 1.50. The van der Waals surface area contributed by atoms with E-state index in [1.165, 1.54) is 7.11 Å². The van der Waals surface area contributed by atoms with Crippen molar-refractivity contribution < 1.29 is 23.8 Å². The summed E-state index contributed by atoms with van der Waals surface area (Å²) >= 11 is 6.07. The molecule has 0 unspecified atom stereocenters. The highest BCUT2D eigenvalue weighted by Crippen LogP contribution is 2.27. The Labute approximate surface area is 200 Å². The first kappa shape index (κ1) is 25.0. The molecule has 1 heterocycles. The van der Waals surface area contributed by atoms with Crippen molar-refractivity contribution in [1.29, 1.82) is 0 Å². The lowest BCUT2D eigenvalue weighted by atomic mass is 9.95. The average molecular weight is 475 g/mol. The number of ether oxygens (including phenoxy) is 3. The van der Waals surface area contributed by atoms with Crippen molar-refractivity contribution >= 4 is 29.1 Å². The molecule has 7 nitrogen and oxygen atoms in total. The second kappa shape index (κ2) is 12.6. The molecule has 178 valence electrons. The van der Waals surface area contributed by atoms with Gasteiger partial charge in [-0.3, -0.25) is 9.59 Å². The van der Waals surface area contributed by atoms with Crippen molar-refractivity contribution in [3.63, 3.8) is 0 Å². The Bertz CT molecular complexity index is 944. The summed E-state index contributed by atoms with van der Waals surface area (Å²) in [7, 11) is 1.53. The van der Waals surface area contributed by atoms with Crippen LogP contribution in [0, 0.1) is 5.92 Å². The minimum Gasteiger partial charge on any atom is -0.496 e. The summed E-state index contributed by atoms with van der Waals surface area (Å²) in [5.41, 5.74) is 2.17. The van der Waals surface area contributed by atoms with Crippen LogP contribution in [0.1, 0.15) is 35.7 Å². The molecule has 0 radical (unpaired) electrons. The number of halogens is 1. The standard InChI is InChI=1S/C25H31ClN2O5/c1-3-32-13-14-33-17-18-5-4-6-21(15-18)27-24(29)19-9-11-28(12-10-19)25(30)22-16-20(26)7-8-23(22)31-2/h4-8,15-16,19H,3,9-14,17H2,1-2H3,(H,27,29). The molecular formula is C25H31ClN2O5. The highest BCUT2D eigenvalue weighted by molar-refractivity contribution is 6.31. The monoisotopic (exact) mass is 474 g/mol. The number of hydrogen-bond donors (Lipinski definition) is 1. The molecule has 1 N–H and O–H groups in total. The number of methoxy groups -OCH3 is 1. The third kappa shape index (κ3) is 7.19. The fourth-order valence-electron chi connectivity index (χ4n) is 3.80. The maximum Gasteiger partial charge on any atom is 0.257 e. The Morgan fingerprint density at radius 2 is 1.85 bits per heavy atom. The average Bonchev–Trinajstić information content (AvgIpc) is 2.84. The van der Waals surface area contributed by atoms with Crippen molar-refractivity contribution in [1.82, 2.24) is 4.90 Å². The molecule has 8 heteroatoms. The van der Waals surface area contributed by atoms with Crippen LogP contribution in [0.4, 0.5) is 5.69 Å². The van der Waals surface area contributed by atoms with E-state index in [4.69, 9.17) is 25.8 Å². The lowest BCUT2D eigenvalue weighted by molar-refractivity contribution is -0.121. The molecule has 3 rings (SSSR count). The van der Waals surface area contributed by atoms with Crippen molar-refractivity contribution in [3.8, 4) is 5.75 Å². The van der Waals surface area contributed by atoms with Gasteiger partial charge in [0.25, 0.3) is 5.91 Å². The molecule has 1 fully saturated rings. The summed E-state index contributed by atoms with van der Waals surface area (Å²) in [6.45, 7) is 5.18. The lowest BCUT2D eigenvalue weighted by Gasteiger charge is -2.31. The molecular weight excluding hydrogens is 444 g/mol. The van der Waals surface area contributed by atoms with E-state index in [1.54, 1.807) is 23.1 Å². The van der Waals surface area contributed by atoms with Gasteiger partial charge in [-0.1, -0.05) is 23.7 Å². The van der Waals surface area contributed by atoms with Gasteiger partial charge < -0.3 is 24.4 Å². The Hall–Kier alpha value is -2.61. The predicted molar refractivity (Wildman–Crippen MR) is 128 cm³/mol. The van der Waals surface area contributed by atoms with Gasteiger partial charge in [-0.2, -0.15) is 0 Å². The molecule has 33 heavy (non-hydrogen) atoms. The molecule has 0 spiro atoms. The molecule has 2 aromatic rings. The quantitative estimate of drug-likeness (QED) is 0.517. The normalized spacial score (nSPS) is 14.2. The number of nitrogens with one attached hydrogen (secondary N) is 1. The Kier molecular flexibility index (Phi) is 9.54. The number of piperidine rings is 1. The van der Waals surface area contributed by atoms with Gasteiger partial charge in [0, 0.05) is 36.3 Å². The van der Waals surface area contributed by atoms with Crippen LogP contribution in [0.5, 0.6) is 5.75 Å². The Morgan fingerprint density at radius 3 is 2.58 bits per heavy atom. The molecule has 0 aromatic heterocycles. The Morgan fingerprint density at radius 1 is 1.09 bits per heavy atom. The first-order valence-corrected chi connectivity index (χ1v) is 11.6. The predicted octanol–water partition coefficient (Wildman–Crippen LogP) is 4.39. The van der Waals surface area contributed by atoms with Gasteiger partial charge in [0.15, 0.2) is 0 Å². The zero-order valence-corrected chi connectivity index (χ0v) is 19.9. The number of carbonyl (C=O) groups excluding carboxylic acids is 2. The number of likely N-dealkylation sites (tertiary alicyclic amines) is 1. The minimum absolute atomic E-state index is 0.0307. The number of amides is 2. The summed E-state index contributed by atoms with van der Waals surface area (Å²) in [5, 5.41) is 3.49.